The Morgan fingerprint density at radius 1 is 1.12 bits per heavy atom. The van der Waals surface area contributed by atoms with Crippen molar-refractivity contribution in [3.8, 4) is 5.75 Å². The summed E-state index contributed by atoms with van der Waals surface area (Å²) in [6.07, 6.45) is 7.26. The van der Waals surface area contributed by atoms with Crippen molar-refractivity contribution in [2.75, 3.05) is 45.6 Å². The zero-order valence-electron chi connectivity index (χ0n) is 19.6. The van der Waals surface area contributed by atoms with Gasteiger partial charge in [0.15, 0.2) is 0 Å². The van der Waals surface area contributed by atoms with Crippen molar-refractivity contribution < 1.29 is 17.9 Å². The van der Waals surface area contributed by atoms with Crippen LogP contribution in [0.4, 0.5) is 0 Å². The van der Waals surface area contributed by atoms with Crippen molar-refractivity contribution in [3.05, 3.63) is 28.8 Å². The van der Waals surface area contributed by atoms with Crippen molar-refractivity contribution in [1.29, 1.82) is 0 Å². The number of nitrogens with zero attached hydrogens (tertiary/aromatic N) is 2. The molecule has 1 saturated heterocycles. The van der Waals surface area contributed by atoms with Gasteiger partial charge in [-0.15, -0.1) is 12.4 Å². The highest BCUT2D eigenvalue weighted by Gasteiger charge is 2.40. The molecule has 33 heavy (non-hydrogen) atoms. The van der Waals surface area contributed by atoms with Gasteiger partial charge in [-0.3, -0.25) is 9.69 Å². The summed E-state index contributed by atoms with van der Waals surface area (Å²) in [5, 5.41) is 3.45. The van der Waals surface area contributed by atoms with E-state index in [0.29, 0.717) is 55.5 Å². The summed E-state index contributed by atoms with van der Waals surface area (Å²) in [6.45, 7) is 4.84. The van der Waals surface area contributed by atoms with Gasteiger partial charge in [0.05, 0.1) is 23.4 Å². The van der Waals surface area contributed by atoms with Crippen LogP contribution >= 0.6 is 24.0 Å². The van der Waals surface area contributed by atoms with E-state index in [1.165, 1.54) is 20.0 Å². The molecule has 2 fully saturated rings. The molecule has 1 saturated carbocycles. The van der Waals surface area contributed by atoms with Crippen LogP contribution in [0.25, 0.3) is 0 Å². The van der Waals surface area contributed by atoms with Crippen LogP contribution in [-0.2, 0) is 10.0 Å². The van der Waals surface area contributed by atoms with Gasteiger partial charge in [0.2, 0.25) is 10.0 Å². The molecule has 1 amide bonds. The Hall–Kier alpha value is -1.06. The molecule has 1 heterocycles. The summed E-state index contributed by atoms with van der Waals surface area (Å²) in [5.41, 5.74) is 0.253. The van der Waals surface area contributed by atoms with E-state index in [2.05, 4.69) is 10.2 Å². The Kier molecular flexibility index (Phi) is 10.7. The molecule has 2 aliphatic rings. The lowest BCUT2D eigenvalue weighted by Gasteiger charge is -2.47. The third kappa shape index (κ3) is 6.75. The van der Waals surface area contributed by atoms with Crippen molar-refractivity contribution in [1.82, 2.24) is 14.5 Å². The molecule has 0 spiro atoms. The summed E-state index contributed by atoms with van der Waals surface area (Å²) < 4.78 is 31.8. The van der Waals surface area contributed by atoms with E-state index < -0.39 is 10.0 Å². The van der Waals surface area contributed by atoms with Gasteiger partial charge in [0.25, 0.3) is 5.91 Å². The lowest BCUT2D eigenvalue weighted by molar-refractivity contribution is 0.0391. The number of carbonyl (C=O) groups excluding carboxylic acids is 1. The third-order valence-electron chi connectivity index (χ3n) is 6.81. The van der Waals surface area contributed by atoms with E-state index in [4.69, 9.17) is 16.3 Å². The van der Waals surface area contributed by atoms with Crippen molar-refractivity contribution >= 4 is 39.9 Å². The Labute approximate surface area is 209 Å². The second-order valence-electron chi connectivity index (χ2n) is 8.85. The largest absolute Gasteiger partial charge is 0.495 e. The van der Waals surface area contributed by atoms with E-state index >= 15 is 0 Å². The molecule has 1 aliphatic carbocycles. The average molecular weight is 523 g/mol. The van der Waals surface area contributed by atoms with Crippen molar-refractivity contribution in [2.24, 2.45) is 0 Å². The fourth-order valence-electron chi connectivity index (χ4n) is 5.00. The molecular weight excluding hydrogens is 485 g/mol. The van der Waals surface area contributed by atoms with E-state index in [1.807, 2.05) is 6.92 Å². The average Bonchev–Trinajstić information content (AvgIpc) is 3.04. The molecule has 0 atom stereocenters. The number of hydrogen-bond acceptors (Lipinski definition) is 5. The Balaban J connectivity index is 0.00000385. The van der Waals surface area contributed by atoms with Gasteiger partial charge < -0.3 is 10.1 Å². The first-order chi connectivity index (χ1) is 15.3. The second kappa shape index (κ2) is 12.6. The van der Waals surface area contributed by atoms with Gasteiger partial charge >= 0.3 is 0 Å². The number of carbonyl (C=O) groups is 1. The topological polar surface area (TPSA) is 79.0 Å². The van der Waals surface area contributed by atoms with Crippen LogP contribution in [0.1, 0.15) is 62.2 Å². The number of amides is 1. The first-order valence-electron chi connectivity index (χ1n) is 11.7. The number of rotatable bonds is 8. The van der Waals surface area contributed by atoms with E-state index in [1.54, 1.807) is 22.5 Å². The maximum absolute atomic E-state index is 13.0. The summed E-state index contributed by atoms with van der Waals surface area (Å²) in [6, 6.07) is 5.20. The summed E-state index contributed by atoms with van der Waals surface area (Å²) in [4.78, 5) is 15.4. The Morgan fingerprint density at radius 2 is 1.76 bits per heavy atom. The molecule has 1 aliphatic heterocycles. The maximum Gasteiger partial charge on any atom is 0.253 e. The molecule has 3 rings (SSSR count). The molecule has 0 radical (unpaired) electrons. The fraction of sp³-hybridized carbons (Fsp3) is 0.696. The molecule has 7 nitrogen and oxygen atoms in total. The molecule has 0 bridgehead atoms. The number of methoxy groups -OCH3 is 1. The van der Waals surface area contributed by atoms with E-state index in [9.17, 15) is 13.2 Å². The normalized spacial score (nSPS) is 19.8. The Bertz CT molecular complexity index is 882. The number of sulfonamides is 1. The first kappa shape index (κ1) is 28.2. The van der Waals surface area contributed by atoms with Crippen LogP contribution in [0.2, 0.25) is 5.02 Å². The summed E-state index contributed by atoms with van der Waals surface area (Å²) in [7, 11) is -1.65. The summed E-state index contributed by atoms with van der Waals surface area (Å²) in [5.74, 6) is 0.477. The first-order valence-corrected chi connectivity index (χ1v) is 13.7. The van der Waals surface area contributed by atoms with Crippen LogP contribution in [0.3, 0.4) is 0 Å². The number of halogens is 2. The molecular formula is C23H37Cl2N3O4S. The molecule has 0 unspecified atom stereocenters. The smallest absolute Gasteiger partial charge is 0.253 e. The van der Waals surface area contributed by atoms with E-state index in [0.717, 1.165) is 25.7 Å². The van der Waals surface area contributed by atoms with Crippen LogP contribution in [-0.4, -0.2) is 74.7 Å². The molecule has 0 aromatic heterocycles. The highest BCUT2D eigenvalue weighted by Crippen LogP contribution is 2.34. The van der Waals surface area contributed by atoms with Gasteiger partial charge in [-0.05, 0) is 31.4 Å². The van der Waals surface area contributed by atoms with Gasteiger partial charge in [0.1, 0.15) is 5.75 Å². The van der Waals surface area contributed by atoms with Gasteiger partial charge in [-0.25, -0.2) is 8.42 Å². The SMILES string of the molecule is CCCS(=O)(=O)N1CCN(C2(CNC(=O)c3cccc(OC)c3Cl)CCCCCC2)CC1.Cl. The summed E-state index contributed by atoms with van der Waals surface area (Å²) >= 11 is 6.36. The van der Waals surface area contributed by atoms with Crippen LogP contribution in [0, 0.1) is 0 Å². The predicted octanol–water partition coefficient (Wildman–Crippen LogP) is 3.95. The lowest BCUT2D eigenvalue weighted by Crippen LogP contribution is -2.61. The molecule has 1 aromatic carbocycles. The van der Waals surface area contributed by atoms with Gasteiger partial charge in [-0.1, -0.05) is 50.3 Å². The zero-order valence-corrected chi connectivity index (χ0v) is 22.0. The van der Waals surface area contributed by atoms with Gasteiger partial charge in [-0.2, -0.15) is 4.31 Å². The quantitative estimate of drug-likeness (QED) is 0.523. The number of piperazine rings is 1. The van der Waals surface area contributed by atoms with Crippen molar-refractivity contribution in [3.63, 3.8) is 0 Å². The highest BCUT2D eigenvalue weighted by atomic mass is 35.5. The third-order valence-corrected chi connectivity index (χ3v) is 9.27. The zero-order chi connectivity index (χ0) is 23.2. The minimum absolute atomic E-state index is 0. The number of hydrogen-bond donors (Lipinski definition) is 1. The molecule has 10 heteroatoms. The molecule has 1 N–H and O–H groups in total. The Morgan fingerprint density at radius 3 is 2.33 bits per heavy atom. The fourth-order valence-corrected chi connectivity index (χ4v) is 6.79. The van der Waals surface area contributed by atoms with Gasteiger partial charge in [0, 0.05) is 38.3 Å². The van der Waals surface area contributed by atoms with Crippen LogP contribution in [0.15, 0.2) is 18.2 Å². The number of benzene rings is 1. The van der Waals surface area contributed by atoms with Crippen molar-refractivity contribution in [2.45, 2.75) is 57.4 Å². The molecule has 188 valence electrons. The molecule has 1 aromatic rings. The minimum atomic E-state index is -3.18. The highest BCUT2D eigenvalue weighted by molar-refractivity contribution is 7.89. The van der Waals surface area contributed by atoms with Crippen LogP contribution < -0.4 is 10.1 Å². The van der Waals surface area contributed by atoms with Crippen LogP contribution in [0.5, 0.6) is 5.75 Å². The standard InChI is InChI=1S/C23H36ClN3O4S.ClH/c1-3-17-32(29,30)27-15-13-26(14-16-27)23(11-6-4-5-7-12-23)18-25-22(28)19-9-8-10-20(31-2)21(19)24;/h8-10H,3-7,11-18H2,1-2H3,(H,25,28);1H. The van der Waals surface area contributed by atoms with E-state index in [-0.39, 0.29) is 29.6 Å². The second-order valence-corrected chi connectivity index (χ2v) is 11.3. The predicted molar refractivity (Wildman–Crippen MR) is 135 cm³/mol. The monoisotopic (exact) mass is 521 g/mol. The lowest BCUT2D eigenvalue weighted by atomic mass is 9.87. The number of ether oxygens (including phenoxy) is 1. The minimum Gasteiger partial charge on any atom is -0.495 e. The maximum atomic E-state index is 13.0. The number of nitrogens with one attached hydrogen (secondary N) is 1.